The fourth-order valence-corrected chi connectivity index (χ4v) is 2.78. The Bertz CT molecular complexity index is 538. The summed E-state index contributed by atoms with van der Waals surface area (Å²) in [6, 6.07) is 6.47. The molecule has 1 atom stereocenters. The van der Waals surface area contributed by atoms with E-state index in [-0.39, 0.29) is 16.9 Å². The van der Waals surface area contributed by atoms with E-state index in [9.17, 15) is 8.42 Å². The van der Waals surface area contributed by atoms with E-state index in [2.05, 4.69) is 17.0 Å². The lowest BCUT2D eigenvalue weighted by molar-refractivity contribution is 0.509. The molecule has 0 aliphatic carbocycles. The molecule has 0 unspecified atom stereocenters. The van der Waals surface area contributed by atoms with E-state index in [1.807, 2.05) is 20.8 Å². The molecular weight excluding hydrogens is 246 g/mol. The van der Waals surface area contributed by atoms with E-state index in [0.29, 0.717) is 0 Å². The predicted octanol–water partition coefficient (Wildman–Crippen LogP) is 2.64. The van der Waals surface area contributed by atoms with Crippen LogP contribution in [0.4, 0.5) is 0 Å². The molecule has 0 fully saturated rings. The Labute approximate surface area is 109 Å². The molecule has 0 saturated heterocycles. The van der Waals surface area contributed by atoms with Gasteiger partial charge in [0.15, 0.2) is 0 Å². The summed E-state index contributed by atoms with van der Waals surface area (Å²) in [7, 11) is -3.49. The molecule has 4 heteroatoms. The first kappa shape index (κ1) is 14.7. The van der Waals surface area contributed by atoms with E-state index in [1.54, 1.807) is 30.3 Å². The van der Waals surface area contributed by atoms with Gasteiger partial charge in [-0.2, -0.15) is 0 Å². The molecule has 0 aromatic heterocycles. The highest BCUT2D eigenvalue weighted by Gasteiger charge is 2.20. The molecule has 0 heterocycles. The van der Waals surface area contributed by atoms with Crippen LogP contribution in [0, 0.1) is 12.8 Å². The second kappa shape index (κ2) is 6.01. The van der Waals surface area contributed by atoms with Crippen LogP contribution in [0.25, 0.3) is 0 Å². The van der Waals surface area contributed by atoms with Crippen molar-refractivity contribution in [3.63, 3.8) is 0 Å². The summed E-state index contributed by atoms with van der Waals surface area (Å²) in [6.07, 6.45) is 1.64. The number of hydrogen-bond donors (Lipinski definition) is 1. The highest BCUT2D eigenvalue weighted by atomic mass is 32.2. The monoisotopic (exact) mass is 265 g/mol. The number of rotatable bonds is 5. The van der Waals surface area contributed by atoms with Crippen LogP contribution in [0.15, 0.2) is 47.5 Å². The first-order valence-electron chi connectivity index (χ1n) is 5.82. The molecule has 1 N–H and O–H groups in total. The molecule has 0 spiro atoms. The first-order valence-corrected chi connectivity index (χ1v) is 7.30. The normalized spacial score (nSPS) is 13.1. The minimum absolute atomic E-state index is 0.138. The minimum atomic E-state index is -3.49. The summed E-state index contributed by atoms with van der Waals surface area (Å²) in [6.45, 7) is 9.28. The average molecular weight is 265 g/mol. The quantitative estimate of drug-likeness (QED) is 0.832. The third-order valence-electron chi connectivity index (χ3n) is 2.64. The number of aryl methyl sites for hydroxylation is 1. The van der Waals surface area contributed by atoms with Crippen molar-refractivity contribution in [3.05, 3.63) is 48.2 Å². The smallest absolute Gasteiger partial charge is 0.207 e. The van der Waals surface area contributed by atoms with Gasteiger partial charge in [0, 0.05) is 6.04 Å². The first-order chi connectivity index (χ1) is 8.36. The Kier molecular flexibility index (Phi) is 4.91. The fourth-order valence-electron chi connectivity index (χ4n) is 1.45. The fraction of sp³-hybridized carbons (Fsp3) is 0.357. The SMILES string of the molecule is C=C=C[C@@H](NS(=O)(=O)c1ccc(C)cc1)C(C)C. The largest absolute Gasteiger partial charge is 0.241 e. The van der Waals surface area contributed by atoms with E-state index in [1.165, 1.54) is 0 Å². The Morgan fingerprint density at radius 3 is 2.28 bits per heavy atom. The van der Waals surface area contributed by atoms with Crippen LogP contribution in [-0.2, 0) is 10.0 Å². The van der Waals surface area contributed by atoms with Crippen LogP contribution < -0.4 is 4.72 Å². The summed E-state index contributed by atoms with van der Waals surface area (Å²) in [5.41, 5.74) is 3.66. The van der Waals surface area contributed by atoms with Crippen molar-refractivity contribution in [2.45, 2.75) is 31.7 Å². The van der Waals surface area contributed by atoms with Gasteiger partial charge in [-0.05, 0) is 31.1 Å². The third kappa shape index (κ3) is 3.84. The standard InChI is InChI=1S/C14H19NO2S/c1-5-6-14(11(2)3)15-18(16,17)13-9-7-12(4)8-10-13/h6-11,14-15H,1H2,2-4H3/t14-/m1/s1. The Balaban J connectivity index is 3.00. The van der Waals surface area contributed by atoms with Gasteiger partial charge in [-0.25, -0.2) is 13.1 Å². The Morgan fingerprint density at radius 1 is 1.28 bits per heavy atom. The molecule has 0 radical (unpaired) electrons. The second-order valence-corrected chi connectivity index (χ2v) is 6.29. The maximum Gasteiger partial charge on any atom is 0.241 e. The van der Waals surface area contributed by atoms with Crippen molar-refractivity contribution in [3.8, 4) is 0 Å². The lowest BCUT2D eigenvalue weighted by Gasteiger charge is -2.18. The van der Waals surface area contributed by atoms with Crippen molar-refractivity contribution in [1.29, 1.82) is 0 Å². The molecule has 1 aromatic rings. The molecular formula is C14H19NO2S. The maximum absolute atomic E-state index is 12.2. The van der Waals surface area contributed by atoms with Crippen molar-refractivity contribution in [2.75, 3.05) is 0 Å². The van der Waals surface area contributed by atoms with Crippen molar-refractivity contribution >= 4 is 10.0 Å². The van der Waals surface area contributed by atoms with Crippen LogP contribution >= 0.6 is 0 Å². The number of nitrogens with one attached hydrogen (secondary N) is 1. The van der Waals surface area contributed by atoms with Gasteiger partial charge >= 0.3 is 0 Å². The molecule has 0 bridgehead atoms. The van der Waals surface area contributed by atoms with Gasteiger partial charge in [0.1, 0.15) is 0 Å². The van der Waals surface area contributed by atoms with E-state index in [0.717, 1.165) is 5.56 Å². The van der Waals surface area contributed by atoms with Crippen molar-refractivity contribution < 1.29 is 8.42 Å². The van der Waals surface area contributed by atoms with Crippen LogP contribution in [0.2, 0.25) is 0 Å². The molecule has 0 saturated carbocycles. The number of benzene rings is 1. The zero-order valence-electron chi connectivity index (χ0n) is 11.0. The topological polar surface area (TPSA) is 46.2 Å². The number of hydrogen-bond acceptors (Lipinski definition) is 2. The van der Waals surface area contributed by atoms with Gasteiger partial charge in [0.25, 0.3) is 0 Å². The third-order valence-corrected chi connectivity index (χ3v) is 4.11. The van der Waals surface area contributed by atoms with Gasteiger partial charge in [0.2, 0.25) is 10.0 Å². The Morgan fingerprint density at radius 2 is 1.83 bits per heavy atom. The zero-order chi connectivity index (χ0) is 13.8. The summed E-state index contributed by atoms with van der Waals surface area (Å²) in [5, 5.41) is 0. The molecule has 1 aromatic carbocycles. The number of sulfonamides is 1. The van der Waals surface area contributed by atoms with E-state index >= 15 is 0 Å². The lowest BCUT2D eigenvalue weighted by atomic mass is 10.1. The van der Waals surface area contributed by atoms with Crippen LogP contribution in [-0.4, -0.2) is 14.5 Å². The van der Waals surface area contributed by atoms with E-state index in [4.69, 9.17) is 0 Å². The van der Waals surface area contributed by atoms with Crippen molar-refractivity contribution in [2.24, 2.45) is 5.92 Å². The summed E-state index contributed by atoms with van der Waals surface area (Å²) in [5.74, 6) is 0.138. The minimum Gasteiger partial charge on any atom is -0.207 e. The lowest BCUT2D eigenvalue weighted by Crippen LogP contribution is -2.36. The molecule has 18 heavy (non-hydrogen) atoms. The van der Waals surface area contributed by atoms with Gasteiger partial charge < -0.3 is 0 Å². The summed E-state index contributed by atoms with van der Waals surface area (Å²) in [4.78, 5) is 0.274. The molecule has 1 rings (SSSR count). The van der Waals surface area contributed by atoms with Crippen LogP contribution in [0.3, 0.4) is 0 Å². The van der Waals surface area contributed by atoms with Crippen LogP contribution in [0.1, 0.15) is 19.4 Å². The van der Waals surface area contributed by atoms with Gasteiger partial charge in [0.05, 0.1) is 4.90 Å². The van der Waals surface area contributed by atoms with E-state index < -0.39 is 10.0 Å². The second-order valence-electron chi connectivity index (χ2n) is 4.57. The van der Waals surface area contributed by atoms with Crippen LogP contribution in [0.5, 0.6) is 0 Å². The molecule has 0 aliphatic heterocycles. The Hall–Kier alpha value is -1.35. The summed E-state index contributed by atoms with van der Waals surface area (Å²) < 4.78 is 27.0. The molecule has 98 valence electrons. The predicted molar refractivity (Wildman–Crippen MR) is 73.8 cm³/mol. The molecule has 3 nitrogen and oxygen atoms in total. The zero-order valence-corrected chi connectivity index (χ0v) is 11.8. The van der Waals surface area contributed by atoms with Gasteiger partial charge in [-0.1, -0.05) is 38.1 Å². The van der Waals surface area contributed by atoms with Crippen molar-refractivity contribution in [1.82, 2.24) is 4.72 Å². The highest BCUT2D eigenvalue weighted by molar-refractivity contribution is 7.89. The highest BCUT2D eigenvalue weighted by Crippen LogP contribution is 2.13. The van der Waals surface area contributed by atoms with Gasteiger partial charge in [-0.15, -0.1) is 5.73 Å². The van der Waals surface area contributed by atoms with Gasteiger partial charge in [-0.3, -0.25) is 0 Å². The molecule has 0 aliphatic rings. The maximum atomic E-state index is 12.2. The average Bonchev–Trinajstić information content (AvgIpc) is 2.28. The summed E-state index contributed by atoms with van der Waals surface area (Å²) >= 11 is 0. The molecule has 0 amide bonds.